The lowest BCUT2D eigenvalue weighted by Gasteiger charge is -2.27. The van der Waals surface area contributed by atoms with Crippen LogP contribution in [-0.2, 0) is 0 Å². The third-order valence-corrected chi connectivity index (χ3v) is 5.39. The standard InChI is InChI=1S/C21H22NP/c1-13-4-3-5-17-14(2)20-18(19(17)12-13)10-11-22-21(20)15-6-8-16(23)9-7-15/h4-9,12,21-22H,2-3,10-11,23H2,1H3. The second-order valence-corrected chi connectivity index (χ2v) is 7.20. The van der Waals surface area contributed by atoms with Crippen LogP contribution >= 0.6 is 9.24 Å². The smallest absolute Gasteiger partial charge is 0.0585 e. The van der Waals surface area contributed by atoms with Crippen molar-refractivity contribution in [1.82, 2.24) is 5.32 Å². The first-order valence-corrected chi connectivity index (χ1v) is 8.84. The fourth-order valence-electron chi connectivity index (χ4n) is 3.88. The molecule has 2 atom stereocenters. The molecule has 0 radical (unpaired) electrons. The first kappa shape index (κ1) is 14.9. The van der Waals surface area contributed by atoms with Crippen LogP contribution in [0, 0.1) is 0 Å². The number of allylic oxidation sites excluding steroid dienone is 6. The largest absolute Gasteiger partial charge is 0.306 e. The first-order valence-electron chi connectivity index (χ1n) is 8.26. The molecule has 0 aromatic heterocycles. The zero-order chi connectivity index (χ0) is 16.0. The van der Waals surface area contributed by atoms with E-state index in [9.17, 15) is 0 Å². The number of hydrogen-bond donors (Lipinski definition) is 1. The molecule has 1 nitrogen and oxygen atoms in total. The summed E-state index contributed by atoms with van der Waals surface area (Å²) in [6.07, 6.45) is 9.07. The molecule has 0 spiro atoms. The second kappa shape index (κ2) is 5.74. The fourth-order valence-corrected chi connectivity index (χ4v) is 4.07. The Balaban J connectivity index is 1.84. The van der Waals surface area contributed by atoms with Gasteiger partial charge in [-0.3, -0.25) is 0 Å². The molecule has 116 valence electrons. The van der Waals surface area contributed by atoms with Crippen LogP contribution in [0.25, 0.3) is 0 Å². The number of rotatable bonds is 1. The molecule has 0 fully saturated rings. The maximum atomic E-state index is 4.45. The van der Waals surface area contributed by atoms with E-state index < -0.39 is 0 Å². The van der Waals surface area contributed by atoms with Crippen molar-refractivity contribution in [2.24, 2.45) is 0 Å². The minimum Gasteiger partial charge on any atom is -0.306 e. The third kappa shape index (κ3) is 2.49. The summed E-state index contributed by atoms with van der Waals surface area (Å²) in [6, 6.07) is 9.04. The summed E-state index contributed by atoms with van der Waals surface area (Å²) in [7, 11) is 2.76. The molecule has 1 heterocycles. The highest BCUT2D eigenvalue weighted by Crippen LogP contribution is 2.49. The molecule has 2 aliphatic carbocycles. The highest BCUT2D eigenvalue weighted by molar-refractivity contribution is 7.27. The molecule has 0 amide bonds. The van der Waals surface area contributed by atoms with Gasteiger partial charge >= 0.3 is 0 Å². The van der Waals surface area contributed by atoms with Gasteiger partial charge in [-0.25, -0.2) is 0 Å². The summed E-state index contributed by atoms with van der Waals surface area (Å²) in [5, 5.41) is 4.92. The highest BCUT2D eigenvalue weighted by atomic mass is 31.0. The fraction of sp³-hybridized carbons (Fsp3) is 0.238. The molecule has 4 rings (SSSR count). The molecule has 1 aliphatic heterocycles. The van der Waals surface area contributed by atoms with Crippen molar-refractivity contribution in [3.8, 4) is 0 Å². The Morgan fingerprint density at radius 3 is 2.70 bits per heavy atom. The normalized spacial score (nSPS) is 23.7. The SMILES string of the molecule is C=C1C2=CCC=C(C)C=C2C2=C1C(c1ccc(P)cc1)NCC2. The second-order valence-electron chi connectivity index (χ2n) is 6.53. The minimum atomic E-state index is 0.259. The third-order valence-electron chi connectivity index (χ3n) is 5.01. The summed E-state index contributed by atoms with van der Waals surface area (Å²) in [5.74, 6) is 0. The van der Waals surface area contributed by atoms with Gasteiger partial charge in [-0.05, 0) is 58.5 Å². The van der Waals surface area contributed by atoms with Crippen molar-refractivity contribution < 1.29 is 0 Å². The molecule has 1 aromatic carbocycles. The van der Waals surface area contributed by atoms with Gasteiger partial charge in [0.25, 0.3) is 0 Å². The van der Waals surface area contributed by atoms with Crippen molar-refractivity contribution in [3.05, 3.63) is 88.1 Å². The summed E-state index contributed by atoms with van der Waals surface area (Å²) in [5.41, 5.74) is 9.55. The zero-order valence-corrected chi connectivity index (χ0v) is 14.7. The Morgan fingerprint density at radius 2 is 1.91 bits per heavy atom. The average Bonchev–Trinajstić information content (AvgIpc) is 2.71. The molecular formula is C21H22NP. The van der Waals surface area contributed by atoms with Crippen LogP contribution < -0.4 is 10.6 Å². The van der Waals surface area contributed by atoms with Crippen molar-refractivity contribution in [2.45, 2.75) is 25.8 Å². The lowest BCUT2D eigenvalue weighted by molar-refractivity contribution is 0.571. The molecule has 1 N–H and O–H groups in total. The van der Waals surface area contributed by atoms with Gasteiger partial charge in [0.15, 0.2) is 0 Å². The van der Waals surface area contributed by atoms with Crippen molar-refractivity contribution in [3.63, 3.8) is 0 Å². The summed E-state index contributed by atoms with van der Waals surface area (Å²) in [4.78, 5) is 0. The van der Waals surface area contributed by atoms with Crippen molar-refractivity contribution in [1.29, 1.82) is 0 Å². The molecular weight excluding hydrogens is 297 g/mol. The van der Waals surface area contributed by atoms with Crippen LogP contribution in [0.1, 0.15) is 31.4 Å². The molecule has 2 heteroatoms. The molecule has 3 aliphatic rings. The van der Waals surface area contributed by atoms with Crippen LogP contribution in [0.4, 0.5) is 0 Å². The number of fused-ring (bicyclic) bond motifs is 2. The van der Waals surface area contributed by atoms with Gasteiger partial charge < -0.3 is 5.32 Å². The Morgan fingerprint density at radius 1 is 1.13 bits per heavy atom. The van der Waals surface area contributed by atoms with E-state index in [4.69, 9.17) is 0 Å². The number of hydrogen-bond acceptors (Lipinski definition) is 1. The number of nitrogens with one attached hydrogen (secondary N) is 1. The number of benzene rings is 1. The average molecular weight is 319 g/mol. The van der Waals surface area contributed by atoms with Crippen LogP contribution in [-0.4, -0.2) is 6.54 Å². The van der Waals surface area contributed by atoms with E-state index in [1.54, 1.807) is 0 Å². The van der Waals surface area contributed by atoms with E-state index in [-0.39, 0.29) is 6.04 Å². The van der Waals surface area contributed by atoms with Crippen molar-refractivity contribution in [2.75, 3.05) is 6.54 Å². The van der Waals surface area contributed by atoms with E-state index in [2.05, 4.69) is 70.6 Å². The summed E-state index contributed by atoms with van der Waals surface area (Å²) >= 11 is 0. The maximum absolute atomic E-state index is 4.45. The van der Waals surface area contributed by atoms with E-state index in [0.29, 0.717) is 0 Å². The predicted octanol–water partition coefficient (Wildman–Crippen LogP) is 4.29. The molecule has 1 aromatic rings. The van der Waals surface area contributed by atoms with Gasteiger partial charge in [0.2, 0.25) is 0 Å². The monoisotopic (exact) mass is 319 g/mol. The van der Waals surface area contributed by atoms with Crippen molar-refractivity contribution >= 4 is 14.5 Å². The Bertz CT molecular complexity index is 803. The van der Waals surface area contributed by atoms with Gasteiger partial charge in [0.05, 0.1) is 6.04 Å². The molecule has 2 unspecified atom stereocenters. The van der Waals surface area contributed by atoms with Gasteiger partial charge in [-0.2, -0.15) is 0 Å². The molecule has 23 heavy (non-hydrogen) atoms. The van der Waals surface area contributed by atoms with E-state index in [0.717, 1.165) is 19.4 Å². The molecule has 0 saturated heterocycles. The van der Waals surface area contributed by atoms with Crippen LogP contribution in [0.2, 0.25) is 0 Å². The maximum Gasteiger partial charge on any atom is 0.0585 e. The van der Waals surface area contributed by atoms with E-state index in [1.807, 2.05) is 0 Å². The lowest BCUT2D eigenvalue weighted by Crippen LogP contribution is -2.29. The van der Waals surface area contributed by atoms with Gasteiger partial charge in [-0.15, -0.1) is 9.24 Å². The molecule has 0 bridgehead atoms. The van der Waals surface area contributed by atoms with Crippen LogP contribution in [0.3, 0.4) is 0 Å². The minimum absolute atomic E-state index is 0.259. The van der Waals surface area contributed by atoms with Gasteiger partial charge in [0, 0.05) is 6.54 Å². The lowest BCUT2D eigenvalue weighted by atomic mass is 9.89. The van der Waals surface area contributed by atoms with E-state index >= 15 is 0 Å². The Hall–Kier alpha value is -1.69. The van der Waals surface area contributed by atoms with Gasteiger partial charge in [-0.1, -0.05) is 54.6 Å². The van der Waals surface area contributed by atoms with Gasteiger partial charge in [0.1, 0.15) is 0 Å². The quantitative estimate of drug-likeness (QED) is 0.762. The van der Waals surface area contributed by atoms with Crippen LogP contribution in [0.5, 0.6) is 0 Å². The summed E-state index contributed by atoms with van der Waals surface area (Å²) < 4.78 is 0. The summed E-state index contributed by atoms with van der Waals surface area (Å²) in [6.45, 7) is 7.66. The topological polar surface area (TPSA) is 12.0 Å². The zero-order valence-electron chi connectivity index (χ0n) is 13.5. The highest BCUT2D eigenvalue weighted by Gasteiger charge is 2.35. The Labute approximate surface area is 140 Å². The predicted molar refractivity (Wildman–Crippen MR) is 102 cm³/mol. The van der Waals surface area contributed by atoms with E-state index in [1.165, 1.54) is 44.3 Å². The Kier molecular flexibility index (Phi) is 3.71. The van der Waals surface area contributed by atoms with Crippen LogP contribution in [0.15, 0.2) is 82.5 Å². The first-order chi connectivity index (χ1) is 11.1. The molecule has 0 saturated carbocycles.